The van der Waals surface area contributed by atoms with Gasteiger partial charge in [-0.1, -0.05) is 33.6 Å². The van der Waals surface area contributed by atoms with Gasteiger partial charge in [0, 0.05) is 19.6 Å². The van der Waals surface area contributed by atoms with E-state index in [1.165, 1.54) is 0 Å². The quantitative estimate of drug-likeness (QED) is 0.577. The fraction of sp³-hybridized carbons (Fsp3) is 0.909. The number of ether oxygens (including phenoxy) is 1. The van der Waals surface area contributed by atoms with Crippen LogP contribution in [0.15, 0.2) is 0 Å². The molecule has 0 radical (unpaired) electrons. The minimum Gasteiger partial charge on any atom is -0.444 e. The Balaban J connectivity index is 0. The van der Waals surface area contributed by atoms with E-state index in [2.05, 4.69) is 12.2 Å². The highest BCUT2D eigenvalue weighted by Crippen LogP contribution is 1.92. The van der Waals surface area contributed by atoms with Crippen LogP contribution in [0.1, 0.15) is 40.0 Å². The number of carbonyl (C=O) groups is 1. The second-order valence-electron chi connectivity index (χ2n) is 3.13. The van der Waals surface area contributed by atoms with Crippen molar-refractivity contribution >= 4 is 6.09 Å². The van der Waals surface area contributed by atoms with Gasteiger partial charge >= 0.3 is 6.09 Å². The molecule has 0 saturated heterocycles. The van der Waals surface area contributed by atoms with E-state index in [-0.39, 0.29) is 19.2 Å². The Bertz CT molecular complexity index is 150. The molecule has 0 atom stereocenters. The van der Waals surface area contributed by atoms with Gasteiger partial charge in [0.25, 0.3) is 0 Å². The lowest BCUT2D eigenvalue weighted by Crippen LogP contribution is -2.37. The van der Waals surface area contributed by atoms with Gasteiger partial charge in [0.15, 0.2) is 0 Å². The molecule has 0 fully saturated rings. The van der Waals surface area contributed by atoms with Gasteiger partial charge in [0.05, 0.1) is 0 Å². The lowest BCUT2D eigenvalue weighted by atomic mass is 10.2. The molecule has 1 amide bonds. The number of hydrogen-bond donors (Lipinski definition) is 3. The third-order valence-electron chi connectivity index (χ3n) is 1.85. The third kappa shape index (κ3) is 11.3. The third-order valence-corrected chi connectivity index (χ3v) is 1.85. The summed E-state index contributed by atoms with van der Waals surface area (Å²) in [5.41, 5.74) is 10.6. The summed E-state index contributed by atoms with van der Waals surface area (Å²) >= 11 is 0. The van der Waals surface area contributed by atoms with Gasteiger partial charge in [-0.05, 0) is 6.42 Å². The molecule has 0 aliphatic rings. The van der Waals surface area contributed by atoms with Crippen molar-refractivity contribution in [3.8, 4) is 0 Å². The van der Waals surface area contributed by atoms with Crippen LogP contribution >= 0.6 is 0 Å². The molecule has 16 heavy (non-hydrogen) atoms. The maximum Gasteiger partial charge on any atom is 0.407 e. The number of hydrogen-bond acceptors (Lipinski definition) is 4. The van der Waals surface area contributed by atoms with E-state index in [9.17, 15) is 4.79 Å². The van der Waals surface area contributed by atoms with E-state index < -0.39 is 6.09 Å². The Kier molecular flexibility index (Phi) is 15.6. The number of nitrogens with one attached hydrogen (secondary N) is 1. The number of unbranched alkanes of at least 4 members (excludes halogenated alkanes) is 2. The predicted octanol–water partition coefficient (Wildman–Crippen LogP) is 1.22. The van der Waals surface area contributed by atoms with Crippen LogP contribution in [0.4, 0.5) is 4.79 Å². The van der Waals surface area contributed by atoms with E-state index in [0.717, 1.165) is 19.3 Å². The summed E-state index contributed by atoms with van der Waals surface area (Å²) in [5.74, 6) is 0. The Hall–Kier alpha value is -0.810. The van der Waals surface area contributed by atoms with Crippen molar-refractivity contribution in [2.45, 2.75) is 46.1 Å². The SMILES string of the molecule is CC.CCCCCNC(=O)OC(CN)CN. The van der Waals surface area contributed by atoms with Gasteiger partial charge in [0.2, 0.25) is 0 Å². The molecule has 5 nitrogen and oxygen atoms in total. The van der Waals surface area contributed by atoms with Crippen molar-refractivity contribution in [2.75, 3.05) is 19.6 Å². The second kappa shape index (κ2) is 14.2. The van der Waals surface area contributed by atoms with Crippen LogP contribution in [-0.2, 0) is 4.74 Å². The average Bonchev–Trinajstić information content (AvgIpc) is 2.34. The first-order chi connectivity index (χ1) is 7.74. The van der Waals surface area contributed by atoms with Gasteiger partial charge in [-0.3, -0.25) is 0 Å². The molecule has 5 N–H and O–H groups in total. The summed E-state index contributed by atoms with van der Waals surface area (Å²) in [4.78, 5) is 11.1. The molecule has 0 spiro atoms. The van der Waals surface area contributed by atoms with Crippen molar-refractivity contribution in [3.05, 3.63) is 0 Å². The first-order valence-electron chi connectivity index (χ1n) is 6.09. The van der Waals surface area contributed by atoms with Crippen molar-refractivity contribution in [1.29, 1.82) is 0 Å². The first kappa shape index (κ1) is 17.6. The topological polar surface area (TPSA) is 90.4 Å². The summed E-state index contributed by atoms with van der Waals surface area (Å²) in [7, 11) is 0. The molecule has 0 aromatic rings. The maximum absolute atomic E-state index is 11.1. The zero-order valence-corrected chi connectivity index (χ0v) is 10.8. The zero-order chi connectivity index (χ0) is 12.8. The molecular formula is C11H27N3O2. The molecule has 0 aliphatic heterocycles. The van der Waals surface area contributed by atoms with E-state index in [4.69, 9.17) is 16.2 Å². The van der Waals surface area contributed by atoms with Crippen molar-refractivity contribution in [3.63, 3.8) is 0 Å². The summed E-state index contributed by atoms with van der Waals surface area (Å²) in [6.07, 6.45) is 2.41. The standard InChI is InChI=1S/C9H21N3O2.C2H6/c1-2-3-4-5-12-9(13)14-8(6-10)7-11;1-2/h8H,2-7,10-11H2,1H3,(H,12,13);1-2H3. The second-order valence-corrected chi connectivity index (χ2v) is 3.13. The average molecular weight is 233 g/mol. The minimum atomic E-state index is -0.429. The van der Waals surface area contributed by atoms with Crippen LogP contribution in [0, 0.1) is 0 Å². The number of alkyl carbamates (subject to hydrolysis) is 1. The molecule has 98 valence electrons. The molecule has 0 aromatic carbocycles. The van der Waals surface area contributed by atoms with Crippen LogP contribution in [-0.4, -0.2) is 31.8 Å². The Morgan fingerprint density at radius 2 is 1.81 bits per heavy atom. The monoisotopic (exact) mass is 233 g/mol. The minimum absolute atomic E-state index is 0.263. The Morgan fingerprint density at radius 3 is 2.25 bits per heavy atom. The predicted molar refractivity (Wildman–Crippen MR) is 67.3 cm³/mol. The summed E-state index contributed by atoms with van der Waals surface area (Å²) < 4.78 is 4.93. The van der Waals surface area contributed by atoms with E-state index in [1.54, 1.807) is 0 Å². The molecule has 0 heterocycles. The molecular weight excluding hydrogens is 206 g/mol. The van der Waals surface area contributed by atoms with Crippen LogP contribution in [0.5, 0.6) is 0 Å². The van der Waals surface area contributed by atoms with Crippen LogP contribution < -0.4 is 16.8 Å². The van der Waals surface area contributed by atoms with Crippen molar-refractivity contribution in [1.82, 2.24) is 5.32 Å². The highest BCUT2D eigenvalue weighted by atomic mass is 16.6. The molecule has 0 aliphatic carbocycles. The smallest absolute Gasteiger partial charge is 0.407 e. The summed E-state index contributed by atoms with van der Waals surface area (Å²) in [5, 5.41) is 2.64. The molecule has 0 bridgehead atoms. The fourth-order valence-electron chi connectivity index (χ4n) is 0.951. The Morgan fingerprint density at radius 1 is 1.25 bits per heavy atom. The number of amides is 1. The van der Waals surface area contributed by atoms with Crippen LogP contribution in [0.2, 0.25) is 0 Å². The summed E-state index contributed by atoms with van der Waals surface area (Å²) in [6, 6.07) is 0. The molecule has 0 rings (SSSR count). The van der Waals surface area contributed by atoms with E-state index in [0.29, 0.717) is 6.54 Å². The first-order valence-corrected chi connectivity index (χ1v) is 6.09. The van der Waals surface area contributed by atoms with Crippen LogP contribution in [0.3, 0.4) is 0 Å². The van der Waals surface area contributed by atoms with Gasteiger partial charge in [-0.15, -0.1) is 0 Å². The van der Waals surface area contributed by atoms with Gasteiger partial charge < -0.3 is 21.5 Å². The summed E-state index contributed by atoms with van der Waals surface area (Å²) in [6.45, 7) is 7.28. The zero-order valence-electron chi connectivity index (χ0n) is 10.8. The van der Waals surface area contributed by atoms with Gasteiger partial charge in [-0.2, -0.15) is 0 Å². The van der Waals surface area contributed by atoms with Gasteiger partial charge in [0.1, 0.15) is 6.10 Å². The normalized spacial score (nSPS) is 9.38. The Labute approximate surface area is 98.9 Å². The van der Waals surface area contributed by atoms with E-state index in [1.807, 2.05) is 13.8 Å². The molecule has 0 saturated carbocycles. The lowest BCUT2D eigenvalue weighted by Gasteiger charge is -2.14. The lowest BCUT2D eigenvalue weighted by molar-refractivity contribution is 0.105. The maximum atomic E-state index is 11.1. The highest BCUT2D eigenvalue weighted by molar-refractivity contribution is 5.67. The molecule has 0 unspecified atom stereocenters. The van der Waals surface area contributed by atoms with Crippen molar-refractivity contribution in [2.24, 2.45) is 11.5 Å². The molecule has 5 heteroatoms. The van der Waals surface area contributed by atoms with E-state index >= 15 is 0 Å². The number of carbonyl (C=O) groups excluding carboxylic acids is 1. The number of nitrogens with two attached hydrogens (primary N) is 2. The van der Waals surface area contributed by atoms with Crippen molar-refractivity contribution < 1.29 is 9.53 Å². The van der Waals surface area contributed by atoms with Crippen LogP contribution in [0.25, 0.3) is 0 Å². The number of rotatable bonds is 7. The largest absolute Gasteiger partial charge is 0.444 e. The van der Waals surface area contributed by atoms with Gasteiger partial charge in [-0.25, -0.2) is 4.79 Å². The highest BCUT2D eigenvalue weighted by Gasteiger charge is 2.09. The fourth-order valence-corrected chi connectivity index (χ4v) is 0.951. The molecule has 0 aromatic heterocycles.